The number of ketones is 1. The van der Waals surface area contributed by atoms with Crippen LogP contribution in [0, 0.1) is 6.92 Å². The van der Waals surface area contributed by atoms with E-state index in [1.54, 1.807) is 12.1 Å². The molecule has 1 amide bonds. The maximum Gasteiger partial charge on any atom is 0.296 e. The van der Waals surface area contributed by atoms with Gasteiger partial charge in [-0.1, -0.05) is 6.07 Å². The number of nitrogens with one attached hydrogen (secondary N) is 1. The third kappa shape index (κ3) is 1.00. The number of aryl methyl sites for hydroxylation is 1. The van der Waals surface area contributed by atoms with E-state index < -0.39 is 11.7 Å². The molecule has 4 heteroatoms. The van der Waals surface area contributed by atoms with Crippen LogP contribution < -0.4 is 10.1 Å². The zero-order chi connectivity index (χ0) is 10.3. The maximum atomic E-state index is 11.3. The highest BCUT2D eigenvalue weighted by atomic mass is 16.5. The average Bonchev–Trinajstić information content (AvgIpc) is 2.43. The molecule has 0 fully saturated rings. The van der Waals surface area contributed by atoms with Gasteiger partial charge in [0.2, 0.25) is 0 Å². The first-order valence-corrected chi connectivity index (χ1v) is 4.18. The topological polar surface area (TPSA) is 55.4 Å². The van der Waals surface area contributed by atoms with Gasteiger partial charge in [0.25, 0.3) is 11.7 Å². The van der Waals surface area contributed by atoms with Crippen molar-refractivity contribution in [2.45, 2.75) is 6.92 Å². The Bertz CT molecular complexity index is 437. The third-order valence-corrected chi connectivity index (χ3v) is 2.25. The number of hydrogen-bond acceptors (Lipinski definition) is 3. The Kier molecular flexibility index (Phi) is 1.77. The summed E-state index contributed by atoms with van der Waals surface area (Å²) in [5, 5.41) is 2.49. The second-order valence-electron chi connectivity index (χ2n) is 3.12. The Morgan fingerprint density at radius 1 is 1.29 bits per heavy atom. The lowest BCUT2D eigenvalue weighted by Crippen LogP contribution is -2.12. The van der Waals surface area contributed by atoms with Gasteiger partial charge in [0.05, 0.1) is 18.4 Å². The third-order valence-electron chi connectivity index (χ3n) is 2.25. The molecule has 1 aromatic rings. The summed E-state index contributed by atoms with van der Waals surface area (Å²) in [5.41, 5.74) is 1.77. The molecule has 4 nitrogen and oxygen atoms in total. The Hall–Kier alpha value is -1.84. The van der Waals surface area contributed by atoms with Gasteiger partial charge >= 0.3 is 0 Å². The summed E-state index contributed by atoms with van der Waals surface area (Å²) in [5.74, 6) is -0.538. The Morgan fingerprint density at radius 2 is 2.00 bits per heavy atom. The summed E-state index contributed by atoms with van der Waals surface area (Å²) in [6.45, 7) is 1.86. The number of methoxy groups -OCH3 is 1. The van der Waals surface area contributed by atoms with Gasteiger partial charge in [0.1, 0.15) is 5.75 Å². The van der Waals surface area contributed by atoms with E-state index in [2.05, 4.69) is 5.32 Å². The standard InChI is InChI=1S/C10H9NO3/c1-5-3-4-6-7(9(5)14-2)11-10(13)8(6)12/h3-4H,1-2H3,(H,11,12,13). The van der Waals surface area contributed by atoms with Gasteiger partial charge in [-0.3, -0.25) is 9.59 Å². The zero-order valence-electron chi connectivity index (χ0n) is 7.88. The number of anilines is 1. The number of fused-ring (bicyclic) bond motifs is 1. The fourth-order valence-electron chi connectivity index (χ4n) is 1.56. The van der Waals surface area contributed by atoms with Gasteiger partial charge in [-0.05, 0) is 18.6 Å². The van der Waals surface area contributed by atoms with E-state index in [0.717, 1.165) is 5.56 Å². The second-order valence-corrected chi connectivity index (χ2v) is 3.12. The lowest BCUT2D eigenvalue weighted by molar-refractivity contribution is -0.112. The van der Waals surface area contributed by atoms with Gasteiger partial charge in [0, 0.05) is 0 Å². The number of rotatable bonds is 1. The highest BCUT2D eigenvalue weighted by molar-refractivity contribution is 6.52. The van der Waals surface area contributed by atoms with E-state index in [1.807, 2.05) is 6.92 Å². The zero-order valence-corrected chi connectivity index (χ0v) is 7.88. The van der Waals surface area contributed by atoms with Crippen LogP contribution in [0.15, 0.2) is 12.1 Å². The molecule has 1 aliphatic heterocycles. The minimum absolute atomic E-state index is 0.387. The van der Waals surface area contributed by atoms with Gasteiger partial charge < -0.3 is 10.1 Å². The lowest BCUT2D eigenvalue weighted by Gasteiger charge is -2.08. The van der Waals surface area contributed by atoms with Crippen LogP contribution in [-0.4, -0.2) is 18.8 Å². The number of ether oxygens (including phenoxy) is 1. The van der Waals surface area contributed by atoms with Gasteiger partial charge in [-0.25, -0.2) is 0 Å². The molecular weight excluding hydrogens is 182 g/mol. The number of benzene rings is 1. The molecule has 1 aromatic carbocycles. The maximum absolute atomic E-state index is 11.3. The van der Waals surface area contributed by atoms with Crippen molar-refractivity contribution in [1.29, 1.82) is 0 Å². The van der Waals surface area contributed by atoms with E-state index in [1.165, 1.54) is 7.11 Å². The summed E-state index contributed by atoms with van der Waals surface area (Å²) in [4.78, 5) is 22.4. The molecule has 0 aromatic heterocycles. The molecule has 0 atom stereocenters. The van der Waals surface area contributed by atoms with E-state index >= 15 is 0 Å². The molecule has 0 aliphatic carbocycles. The van der Waals surface area contributed by atoms with E-state index in [4.69, 9.17) is 4.74 Å². The summed E-state index contributed by atoms with van der Waals surface area (Å²) in [7, 11) is 1.51. The first-order valence-electron chi connectivity index (χ1n) is 4.18. The van der Waals surface area contributed by atoms with Crippen molar-refractivity contribution in [3.05, 3.63) is 23.3 Å². The minimum Gasteiger partial charge on any atom is -0.494 e. The Balaban J connectivity index is 2.67. The van der Waals surface area contributed by atoms with Crippen molar-refractivity contribution in [3.63, 3.8) is 0 Å². The van der Waals surface area contributed by atoms with E-state index in [-0.39, 0.29) is 0 Å². The quantitative estimate of drug-likeness (QED) is 0.677. The molecule has 1 aliphatic rings. The predicted molar refractivity (Wildman–Crippen MR) is 50.7 cm³/mol. The van der Waals surface area contributed by atoms with E-state index in [9.17, 15) is 9.59 Å². The monoisotopic (exact) mass is 191 g/mol. The Labute approximate surface area is 80.9 Å². The van der Waals surface area contributed by atoms with Crippen LogP contribution in [0.25, 0.3) is 0 Å². The summed E-state index contributed by atoms with van der Waals surface area (Å²) < 4.78 is 5.12. The number of amides is 1. The normalized spacial score (nSPS) is 13.9. The Morgan fingerprint density at radius 3 is 2.64 bits per heavy atom. The molecule has 72 valence electrons. The van der Waals surface area contributed by atoms with Crippen molar-refractivity contribution in [2.24, 2.45) is 0 Å². The molecule has 0 saturated carbocycles. The fraction of sp³-hybridized carbons (Fsp3) is 0.200. The van der Waals surface area contributed by atoms with Gasteiger partial charge in [0.15, 0.2) is 0 Å². The first-order chi connectivity index (χ1) is 6.65. The number of carbonyl (C=O) groups is 2. The number of carbonyl (C=O) groups excluding carboxylic acids is 2. The van der Waals surface area contributed by atoms with Crippen LogP contribution >= 0.6 is 0 Å². The summed E-state index contributed by atoms with van der Waals surface area (Å²) in [6.07, 6.45) is 0. The molecule has 0 bridgehead atoms. The molecule has 0 spiro atoms. The first kappa shape index (κ1) is 8.74. The van der Waals surface area contributed by atoms with Gasteiger partial charge in [-0.15, -0.1) is 0 Å². The SMILES string of the molecule is COc1c(C)ccc2c1NC(=O)C2=O. The molecule has 0 unspecified atom stereocenters. The second kappa shape index (κ2) is 2.83. The largest absolute Gasteiger partial charge is 0.494 e. The van der Waals surface area contributed by atoms with Crippen LogP contribution in [0.3, 0.4) is 0 Å². The molecule has 14 heavy (non-hydrogen) atoms. The number of hydrogen-bond donors (Lipinski definition) is 1. The van der Waals surface area contributed by atoms with Crippen molar-refractivity contribution in [2.75, 3.05) is 12.4 Å². The van der Waals surface area contributed by atoms with Crippen molar-refractivity contribution in [3.8, 4) is 5.75 Å². The van der Waals surface area contributed by atoms with Crippen molar-refractivity contribution in [1.82, 2.24) is 0 Å². The molecule has 1 N–H and O–H groups in total. The van der Waals surface area contributed by atoms with Crippen molar-refractivity contribution >= 4 is 17.4 Å². The molecule has 0 saturated heterocycles. The number of Topliss-reactive ketones (excluding diaryl/α,β-unsaturated/α-hetero) is 1. The van der Waals surface area contributed by atoms with Crippen LogP contribution in [0.4, 0.5) is 5.69 Å². The molecule has 2 rings (SSSR count). The van der Waals surface area contributed by atoms with Crippen LogP contribution in [0.1, 0.15) is 15.9 Å². The summed E-state index contributed by atoms with van der Waals surface area (Å²) in [6, 6.07) is 3.39. The van der Waals surface area contributed by atoms with Crippen LogP contribution in [-0.2, 0) is 4.79 Å². The summed E-state index contributed by atoms with van der Waals surface area (Å²) >= 11 is 0. The van der Waals surface area contributed by atoms with E-state index in [0.29, 0.717) is 17.0 Å². The average molecular weight is 191 g/mol. The van der Waals surface area contributed by atoms with Crippen molar-refractivity contribution < 1.29 is 14.3 Å². The van der Waals surface area contributed by atoms with Crippen LogP contribution in [0.2, 0.25) is 0 Å². The molecule has 0 radical (unpaired) electrons. The highest BCUT2D eigenvalue weighted by Crippen LogP contribution is 2.35. The van der Waals surface area contributed by atoms with Crippen LogP contribution in [0.5, 0.6) is 5.75 Å². The van der Waals surface area contributed by atoms with Gasteiger partial charge in [-0.2, -0.15) is 0 Å². The molecular formula is C10H9NO3. The predicted octanol–water partition coefficient (Wildman–Crippen LogP) is 1.14. The highest BCUT2D eigenvalue weighted by Gasteiger charge is 2.30. The minimum atomic E-state index is -0.594. The smallest absolute Gasteiger partial charge is 0.296 e. The fourth-order valence-corrected chi connectivity index (χ4v) is 1.56. The lowest BCUT2D eigenvalue weighted by atomic mass is 10.1. The molecule has 1 heterocycles.